The van der Waals surface area contributed by atoms with Crippen LogP contribution in [0.1, 0.15) is 23.2 Å². The predicted molar refractivity (Wildman–Crippen MR) is 53.1 cm³/mol. The fraction of sp³-hybridized carbons (Fsp3) is 0.364. The first-order chi connectivity index (χ1) is 7.34. The van der Waals surface area contributed by atoms with Gasteiger partial charge in [0.1, 0.15) is 0 Å². The van der Waals surface area contributed by atoms with Crippen molar-refractivity contribution in [1.82, 2.24) is 5.32 Å². The molecule has 78 valence electrons. The number of benzene rings is 1. The van der Waals surface area contributed by atoms with E-state index >= 15 is 0 Å². The molecule has 1 fully saturated rings. The summed E-state index contributed by atoms with van der Waals surface area (Å²) in [7, 11) is 0. The number of amides is 1. The molecule has 1 N–H and O–H groups in total. The van der Waals surface area contributed by atoms with Crippen LogP contribution in [0, 0.1) is 0 Å². The molecule has 1 saturated carbocycles. The number of hydrogen-bond donors (Lipinski definition) is 1. The summed E-state index contributed by atoms with van der Waals surface area (Å²) in [6, 6.07) is 5.72. The summed E-state index contributed by atoms with van der Waals surface area (Å²) in [6.07, 6.45) is 2.16. The minimum absolute atomic E-state index is 0.0696. The Hall–Kier alpha value is -1.71. The van der Waals surface area contributed by atoms with E-state index in [9.17, 15) is 4.79 Å². The highest BCUT2D eigenvalue weighted by molar-refractivity contribution is 5.98. The number of ether oxygens (including phenoxy) is 2. The molecule has 0 bridgehead atoms. The minimum atomic E-state index is -0.0696. The second kappa shape index (κ2) is 3.15. The molecule has 4 heteroatoms. The van der Waals surface area contributed by atoms with E-state index in [1.807, 2.05) is 0 Å². The topological polar surface area (TPSA) is 47.6 Å². The molecule has 1 aliphatic carbocycles. The van der Waals surface area contributed by atoms with E-state index in [0.29, 0.717) is 23.1 Å². The van der Waals surface area contributed by atoms with Crippen molar-refractivity contribution in [3.8, 4) is 11.5 Å². The van der Waals surface area contributed by atoms with Gasteiger partial charge in [-0.05, 0) is 25.0 Å². The summed E-state index contributed by atoms with van der Waals surface area (Å²) in [4.78, 5) is 11.8. The van der Waals surface area contributed by atoms with Crippen LogP contribution in [0.25, 0.3) is 0 Å². The standard InChI is InChI=1S/C11H11NO3/c13-11(12-7-4-5-7)8-2-1-3-9-10(8)15-6-14-9/h1-3,7H,4-6H2,(H,12,13). The SMILES string of the molecule is O=C(NC1CC1)c1cccc2c1OCO2. The lowest BCUT2D eigenvalue weighted by Crippen LogP contribution is -2.25. The Labute approximate surface area is 87.2 Å². The van der Waals surface area contributed by atoms with Crippen molar-refractivity contribution in [1.29, 1.82) is 0 Å². The molecule has 1 aromatic rings. The highest BCUT2D eigenvalue weighted by atomic mass is 16.7. The second-order valence-electron chi connectivity index (χ2n) is 3.79. The maximum atomic E-state index is 11.8. The van der Waals surface area contributed by atoms with Crippen molar-refractivity contribution in [2.24, 2.45) is 0 Å². The molecule has 0 spiro atoms. The van der Waals surface area contributed by atoms with Crippen LogP contribution in [0.4, 0.5) is 0 Å². The number of hydrogen-bond acceptors (Lipinski definition) is 3. The van der Waals surface area contributed by atoms with Gasteiger partial charge in [-0.2, -0.15) is 0 Å². The minimum Gasteiger partial charge on any atom is -0.454 e. The lowest BCUT2D eigenvalue weighted by Gasteiger charge is -2.05. The number of fused-ring (bicyclic) bond motifs is 1. The predicted octanol–water partition coefficient (Wildman–Crippen LogP) is 1.31. The molecular formula is C11H11NO3. The van der Waals surface area contributed by atoms with Gasteiger partial charge >= 0.3 is 0 Å². The molecule has 0 radical (unpaired) electrons. The second-order valence-corrected chi connectivity index (χ2v) is 3.79. The molecule has 0 atom stereocenters. The van der Waals surface area contributed by atoms with E-state index in [2.05, 4.69) is 5.32 Å². The lowest BCUT2D eigenvalue weighted by atomic mass is 10.1. The normalized spacial score (nSPS) is 17.6. The van der Waals surface area contributed by atoms with Crippen LogP contribution in [-0.4, -0.2) is 18.7 Å². The van der Waals surface area contributed by atoms with Crippen LogP contribution in [-0.2, 0) is 0 Å². The molecule has 15 heavy (non-hydrogen) atoms. The largest absolute Gasteiger partial charge is 0.454 e. The molecule has 2 aliphatic rings. The maximum Gasteiger partial charge on any atom is 0.255 e. The number of rotatable bonds is 2. The van der Waals surface area contributed by atoms with Crippen LogP contribution in [0.3, 0.4) is 0 Å². The molecule has 3 rings (SSSR count). The summed E-state index contributed by atoms with van der Waals surface area (Å²) in [5.41, 5.74) is 0.567. The summed E-state index contributed by atoms with van der Waals surface area (Å²) < 4.78 is 10.5. The first kappa shape index (κ1) is 8.59. The number of nitrogens with one attached hydrogen (secondary N) is 1. The summed E-state index contributed by atoms with van der Waals surface area (Å²) >= 11 is 0. The van der Waals surface area contributed by atoms with Gasteiger partial charge in [-0.1, -0.05) is 6.07 Å². The van der Waals surface area contributed by atoms with Crippen LogP contribution >= 0.6 is 0 Å². The van der Waals surface area contributed by atoms with Crippen molar-refractivity contribution < 1.29 is 14.3 Å². The Bertz CT molecular complexity index is 412. The molecule has 0 unspecified atom stereocenters. The van der Waals surface area contributed by atoms with E-state index in [1.54, 1.807) is 18.2 Å². The van der Waals surface area contributed by atoms with Gasteiger partial charge in [0.15, 0.2) is 11.5 Å². The van der Waals surface area contributed by atoms with E-state index in [-0.39, 0.29) is 12.7 Å². The van der Waals surface area contributed by atoms with Crippen LogP contribution in [0.2, 0.25) is 0 Å². The van der Waals surface area contributed by atoms with Gasteiger partial charge in [0, 0.05) is 6.04 Å². The molecular weight excluding hydrogens is 194 g/mol. The molecule has 1 amide bonds. The third-order valence-electron chi connectivity index (χ3n) is 2.55. The average molecular weight is 205 g/mol. The number of carbonyl (C=O) groups excluding carboxylic acids is 1. The Morgan fingerprint density at radius 3 is 3.00 bits per heavy atom. The Morgan fingerprint density at radius 1 is 1.33 bits per heavy atom. The Kier molecular flexibility index (Phi) is 1.80. The van der Waals surface area contributed by atoms with E-state index in [4.69, 9.17) is 9.47 Å². The Morgan fingerprint density at radius 2 is 2.20 bits per heavy atom. The lowest BCUT2D eigenvalue weighted by molar-refractivity contribution is 0.0946. The van der Waals surface area contributed by atoms with Crippen molar-refractivity contribution in [2.45, 2.75) is 18.9 Å². The van der Waals surface area contributed by atoms with Crippen LogP contribution in [0.5, 0.6) is 11.5 Å². The van der Waals surface area contributed by atoms with Gasteiger partial charge in [-0.3, -0.25) is 4.79 Å². The smallest absolute Gasteiger partial charge is 0.255 e. The van der Waals surface area contributed by atoms with Crippen molar-refractivity contribution in [3.05, 3.63) is 23.8 Å². The summed E-state index contributed by atoms with van der Waals surface area (Å²) in [5.74, 6) is 1.15. The van der Waals surface area contributed by atoms with Gasteiger partial charge in [-0.25, -0.2) is 0 Å². The molecule has 0 saturated heterocycles. The number of para-hydroxylation sites is 1. The first-order valence-electron chi connectivity index (χ1n) is 5.04. The van der Waals surface area contributed by atoms with Gasteiger partial charge in [0.2, 0.25) is 6.79 Å². The fourth-order valence-electron chi connectivity index (χ4n) is 1.60. The summed E-state index contributed by atoms with van der Waals surface area (Å²) in [5, 5.41) is 2.93. The average Bonchev–Trinajstić information content (AvgIpc) is 2.93. The van der Waals surface area contributed by atoms with Crippen LogP contribution < -0.4 is 14.8 Å². The van der Waals surface area contributed by atoms with Crippen molar-refractivity contribution in [2.75, 3.05) is 6.79 Å². The quantitative estimate of drug-likeness (QED) is 0.791. The maximum absolute atomic E-state index is 11.8. The van der Waals surface area contributed by atoms with Crippen molar-refractivity contribution in [3.63, 3.8) is 0 Å². The zero-order valence-corrected chi connectivity index (χ0v) is 8.16. The highest BCUT2D eigenvalue weighted by Gasteiger charge is 2.27. The molecule has 0 aromatic heterocycles. The molecule has 1 aliphatic heterocycles. The van der Waals surface area contributed by atoms with E-state index in [1.165, 1.54) is 0 Å². The number of carbonyl (C=O) groups is 1. The van der Waals surface area contributed by atoms with E-state index < -0.39 is 0 Å². The summed E-state index contributed by atoms with van der Waals surface area (Å²) in [6.45, 7) is 0.197. The monoisotopic (exact) mass is 205 g/mol. The first-order valence-corrected chi connectivity index (χ1v) is 5.04. The Balaban J connectivity index is 1.90. The molecule has 1 heterocycles. The van der Waals surface area contributed by atoms with Crippen LogP contribution in [0.15, 0.2) is 18.2 Å². The zero-order valence-electron chi connectivity index (χ0n) is 8.16. The third kappa shape index (κ3) is 1.52. The van der Waals surface area contributed by atoms with Gasteiger partial charge < -0.3 is 14.8 Å². The molecule has 1 aromatic carbocycles. The van der Waals surface area contributed by atoms with Crippen molar-refractivity contribution >= 4 is 5.91 Å². The molecule has 4 nitrogen and oxygen atoms in total. The van der Waals surface area contributed by atoms with E-state index in [0.717, 1.165) is 12.8 Å². The third-order valence-corrected chi connectivity index (χ3v) is 2.55. The fourth-order valence-corrected chi connectivity index (χ4v) is 1.60. The van der Waals surface area contributed by atoms with Gasteiger partial charge in [-0.15, -0.1) is 0 Å². The van der Waals surface area contributed by atoms with Gasteiger partial charge in [0.25, 0.3) is 5.91 Å². The highest BCUT2D eigenvalue weighted by Crippen LogP contribution is 2.35. The zero-order chi connectivity index (χ0) is 10.3. The van der Waals surface area contributed by atoms with Gasteiger partial charge in [0.05, 0.1) is 5.56 Å².